The second-order valence-corrected chi connectivity index (χ2v) is 23.4. The number of rotatable bonds is 10. The molecule has 0 radical (unpaired) electrons. The second-order valence-electron chi connectivity index (χ2n) is 23.4. The number of hydrogen-bond donors (Lipinski definition) is 0. The van der Waals surface area contributed by atoms with E-state index in [1.54, 1.807) is 0 Å². The summed E-state index contributed by atoms with van der Waals surface area (Å²) in [5.41, 5.74) is 16.5. The highest BCUT2D eigenvalue weighted by molar-refractivity contribution is 6.28. The molecule has 4 heterocycles. The first-order valence-electron chi connectivity index (χ1n) is 31.0. The van der Waals surface area contributed by atoms with Crippen LogP contribution in [-0.4, -0.2) is 39.0 Å². The highest BCUT2D eigenvalue weighted by Gasteiger charge is 2.24. The summed E-state index contributed by atoms with van der Waals surface area (Å²) in [4.78, 5) is 31.1. The van der Waals surface area contributed by atoms with Gasteiger partial charge >= 0.3 is 0 Å². The summed E-state index contributed by atoms with van der Waals surface area (Å²) in [5, 5.41) is 11.7. The molecule has 0 unspecified atom stereocenters. The molecule has 0 atom stereocenters. The minimum Gasteiger partial charge on any atom is -0.309 e. The molecular weight excluding hydrogens is 1120 g/mol. The zero-order chi connectivity index (χ0) is 60.6. The van der Waals surface area contributed by atoms with Crippen molar-refractivity contribution < 1.29 is 0 Å². The van der Waals surface area contributed by atoms with E-state index in [0.717, 1.165) is 105 Å². The van der Waals surface area contributed by atoms with Gasteiger partial charge < -0.3 is 9.13 Å². The number of nitrogens with zero attached hydrogens (tertiary/aromatic N) is 8. The first kappa shape index (κ1) is 52.6. The van der Waals surface area contributed by atoms with Gasteiger partial charge in [0.1, 0.15) is 0 Å². The standard InChI is InChI=1S/C84H52N8/c1-5-20-53(21-6-1)61-42-47-70-71-48-40-54-22-13-16-33-67(54)76(71)91(74(70)52-61)65-43-36-59(37-44-65)83-88-81(58-28-11-4-12-29-58)89-84(90-83)64-32-19-31-62(50-64)73-51-63-30-15-18-35-69(63)78-75(73)72-49-41-55-23-14-17-34-68(55)77(72)92(78)66-45-38-60(39-46-66)82-86-79(56-24-7-2-8-25-56)85-80(87-82)57-26-9-3-10-27-57/h1-52H. The summed E-state index contributed by atoms with van der Waals surface area (Å²) in [5.74, 6) is 3.61. The molecule has 0 aliphatic heterocycles. The Morgan fingerprint density at radius 2 is 0.565 bits per heavy atom. The van der Waals surface area contributed by atoms with Crippen molar-refractivity contribution in [3.63, 3.8) is 0 Å². The molecule has 0 aliphatic carbocycles. The first-order valence-corrected chi connectivity index (χ1v) is 31.0. The Kier molecular flexibility index (Phi) is 12.4. The maximum atomic E-state index is 5.38. The molecule has 8 nitrogen and oxygen atoms in total. The minimum absolute atomic E-state index is 0.581. The van der Waals surface area contributed by atoms with Gasteiger partial charge in [0.25, 0.3) is 0 Å². The van der Waals surface area contributed by atoms with Crippen LogP contribution < -0.4 is 0 Å². The van der Waals surface area contributed by atoms with Crippen LogP contribution in [0.25, 0.3) is 178 Å². The largest absolute Gasteiger partial charge is 0.309 e. The molecule has 0 spiro atoms. The van der Waals surface area contributed by atoms with E-state index >= 15 is 0 Å². The molecular formula is C84H52N8. The van der Waals surface area contributed by atoms with Gasteiger partial charge in [0, 0.05) is 82.5 Å². The number of benzene rings is 14. The lowest BCUT2D eigenvalue weighted by Gasteiger charge is -2.14. The van der Waals surface area contributed by atoms with Gasteiger partial charge in [-0.15, -0.1) is 0 Å². The number of hydrogen-bond acceptors (Lipinski definition) is 6. The smallest absolute Gasteiger partial charge is 0.164 e. The predicted molar refractivity (Wildman–Crippen MR) is 378 cm³/mol. The molecule has 0 bridgehead atoms. The van der Waals surface area contributed by atoms with Crippen LogP contribution in [0.1, 0.15) is 0 Å². The second kappa shape index (κ2) is 21.7. The van der Waals surface area contributed by atoms with Gasteiger partial charge in [-0.05, 0) is 105 Å². The molecule has 428 valence electrons. The Morgan fingerprint density at radius 3 is 1.09 bits per heavy atom. The quantitative estimate of drug-likeness (QED) is 0.136. The molecule has 0 saturated heterocycles. The molecule has 8 heteroatoms. The van der Waals surface area contributed by atoms with Crippen molar-refractivity contribution in [3.8, 4) is 102 Å². The zero-order valence-corrected chi connectivity index (χ0v) is 49.6. The van der Waals surface area contributed by atoms with Crippen molar-refractivity contribution in [2.24, 2.45) is 0 Å². The molecule has 14 aromatic carbocycles. The van der Waals surface area contributed by atoms with Crippen LogP contribution >= 0.6 is 0 Å². The van der Waals surface area contributed by atoms with Crippen LogP contribution in [0, 0.1) is 0 Å². The SMILES string of the molecule is c1ccc(-c2ccc3c4ccc5ccccc5c4n(-c4ccc(-c5nc(-c6ccccc6)nc(-c6cccc(-c7cc8ccccc8c8c7c7ccc9ccccc9c7n8-c7ccc(-c8nc(-c9ccccc9)nc(-c9ccccc9)n8)cc7)c6)n5)cc4)c3c2)cc1. The van der Waals surface area contributed by atoms with Gasteiger partial charge in [0.15, 0.2) is 34.9 Å². The topological polar surface area (TPSA) is 87.2 Å². The monoisotopic (exact) mass is 1170 g/mol. The predicted octanol–water partition coefficient (Wildman–Crippen LogP) is 21.0. The van der Waals surface area contributed by atoms with Crippen molar-refractivity contribution in [2.75, 3.05) is 0 Å². The van der Waals surface area contributed by atoms with E-state index in [0.29, 0.717) is 34.9 Å². The summed E-state index contributed by atoms with van der Waals surface area (Å²) in [7, 11) is 0. The van der Waals surface area contributed by atoms with Crippen LogP contribution in [0.3, 0.4) is 0 Å². The molecule has 0 fully saturated rings. The summed E-state index contributed by atoms with van der Waals surface area (Å²) < 4.78 is 4.89. The van der Waals surface area contributed by atoms with Crippen molar-refractivity contribution in [1.82, 2.24) is 39.0 Å². The summed E-state index contributed by atoms with van der Waals surface area (Å²) in [6, 6.07) is 112. The van der Waals surface area contributed by atoms with E-state index in [2.05, 4.69) is 246 Å². The fourth-order valence-electron chi connectivity index (χ4n) is 13.6. The molecule has 0 N–H and O–H groups in total. The Morgan fingerprint density at radius 1 is 0.196 bits per heavy atom. The van der Waals surface area contributed by atoms with Gasteiger partial charge in [-0.25, -0.2) is 29.9 Å². The Labute approximate surface area is 529 Å². The van der Waals surface area contributed by atoms with E-state index in [4.69, 9.17) is 29.9 Å². The lowest BCUT2D eigenvalue weighted by molar-refractivity contribution is 1.07. The van der Waals surface area contributed by atoms with Gasteiger partial charge in [-0.3, -0.25) is 0 Å². The molecule has 18 rings (SSSR count). The highest BCUT2D eigenvalue weighted by Crippen LogP contribution is 2.46. The molecule has 92 heavy (non-hydrogen) atoms. The average molecular weight is 1170 g/mol. The Hall–Kier alpha value is -12.5. The van der Waals surface area contributed by atoms with Crippen LogP contribution in [0.15, 0.2) is 315 Å². The zero-order valence-electron chi connectivity index (χ0n) is 49.6. The van der Waals surface area contributed by atoms with Crippen LogP contribution in [0.2, 0.25) is 0 Å². The van der Waals surface area contributed by atoms with Crippen molar-refractivity contribution >= 4 is 75.9 Å². The van der Waals surface area contributed by atoms with E-state index in [-0.39, 0.29) is 0 Å². The molecule has 0 saturated carbocycles. The molecule has 0 amide bonds. The van der Waals surface area contributed by atoms with Crippen molar-refractivity contribution in [3.05, 3.63) is 315 Å². The maximum absolute atomic E-state index is 5.38. The summed E-state index contributed by atoms with van der Waals surface area (Å²) >= 11 is 0. The van der Waals surface area contributed by atoms with E-state index in [9.17, 15) is 0 Å². The lowest BCUT2D eigenvalue weighted by Crippen LogP contribution is -2.01. The number of fused-ring (bicyclic) bond motifs is 12. The minimum atomic E-state index is 0.581. The average Bonchev–Trinajstić information content (AvgIpc) is 1.56. The van der Waals surface area contributed by atoms with E-state index in [1.807, 2.05) is 78.9 Å². The van der Waals surface area contributed by atoms with Crippen molar-refractivity contribution in [1.29, 1.82) is 0 Å². The normalized spacial score (nSPS) is 11.7. The summed E-state index contributed by atoms with van der Waals surface area (Å²) in [6.07, 6.45) is 0. The third-order valence-electron chi connectivity index (χ3n) is 18.0. The van der Waals surface area contributed by atoms with Crippen LogP contribution in [0.5, 0.6) is 0 Å². The third-order valence-corrected chi connectivity index (χ3v) is 18.0. The molecule has 0 aliphatic rings. The fraction of sp³-hybridized carbons (Fsp3) is 0. The fourth-order valence-corrected chi connectivity index (χ4v) is 13.6. The molecule has 18 aromatic rings. The highest BCUT2D eigenvalue weighted by atomic mass is 15.0. The number of aromatic nitrogens is 8. The Balaban J connectivity index is 0.783. The third kappa shape index (κ3) is 8.91. The Bertz CT molecular complexity index is 5850. The van der Waals surface area contributed by atoms with Gasteiger partial charge in [0.05, 0.1) is 22.1 Å². The van der Waals surface area contributed by atoms with Gasteiger partial charge in [-0.2, -0.15) is 0 Å². The molecule has 4 aromatic heterocycles. The van der Waals surface area contributed by atoms with E-state index < -0.39 is 0 Å². The first-order chi connectivity index (χ1) is 45.6. The lowest BCUT2D eigenvalue weighted by atomic mass is 9.93. The van der Waals surface area contributed by atoms with Gasteiger partial charge in [-0.1, -0.05) is 249 Å². The van der Waals surface area contributed by atoms with Crippen molar-refractivity contribution in [2.45, 2.75) is 0 Å². The van der Waals surface area contributed by atoms with Crippen LogP contribution in [-0.2, 0) is 0 Å². The van der Waals surface area contributed by atoms with Gasteiger partial charge in [0.2, 0.25) is 0 Å². The summed E-state index contributed by atoms with van der Waals surface area (Å²) in [6.45, 7) is 0. The maximum Gasteiger partial charge on any atom is 0.164 e. The van der Waals surface area contributed by atoms with E-state index in [1.165, 1.54) is 38.2 Å². The van der Waals surface area contributed by atoms with Crippen LogP contribution in [0.4, 0.5) is 0 Å².